The van der Waals surface area contributed by atoms with Gasteiger partial charge in [-0.25, -0.2) is 4.68 Å². The molecule has 0 spiro atoms. The van der Waals surface area contributed by atoms with Crippen LogP contribution in [0.4, 0.5) is 5.69 Å². The highest BCUT2D eigenvalue weighted by Crippen LogP contribution is 2.23. The Morgan fingerprint density at radius 1 is 1.23 bits per heavy atom. The van der Waals surface area contributed by atoms with Gasteiger partial charge in [0.05, 0.1) is 12.5 Å². The number of carbonyl (C=O) groups is 1. The molecule has 1 N–H and O–H groups in total. The van der Waals surface area contributed by atoms with Crippen molar-refractivity contribution < 1.29 is 4.79 Å². The van der Waals surface area contributed by atoms with Crippen LogP contribution < -0.4 is 5.32 Å². The molecule has 1 amide bonds. The number of nitrogens with one attached hydrogen (secondary N) is 1. The molecule has 0 fully saturated rings. The fourth-order valence-electron chi connectivity index (χ4n) is 3.32. The molecule has 0 saturated heterocycles. The summed E-state index contributed by atoms with van der Waals surface area (Å²) in [6.45, 7) is 0.612. The molecule has 0 aliphatic heterocycles. The highest BCUT2D eigenvalue weighted by molar-refractivity contribution is 6.03. The first-order chi connectivity index (χ1) is 14.7. The monoisotopic (exact) mass is 397 g/mol. The number of carbonyl (C=O) groups excluding carboxylic acids is 1. The Bertz CT molecular complexity index is 1280. The number of fused-ring (bicyclic) bond motifs is 1. The number of anilines is 1. The number of nitrogens with zero attached hydrogens (tertiary/aromatic N) is 6. The van der Waals surface area contributed by atoms with Crippen LogP contribution in [0.2, 0.25) is 0 Å². The van der Waals surface area contributed by atoms with Crippen LogP contribution in [0.25, 0.3) is 28.4 Å². The molecule has 8 nitrogen and oxygen atoms in total. The van der Waals surface area contributed by atoms with E-state index in [0.717, 1.165) is 22.0 Å². The Hall–Kier alpha value is -4.25. The zero-order valence-corrected chi connectivity index (χ0v) is 16.4. The highest BCUT2D eigenvalue weighted by Gasteiger charge is 2.08. The summed E-state index contributed by atoms with van der Waals surface area (Å²) in [7, 11) is 1.76. The fourth-order valence-corrected chi connectivity index (χ4v) is 3.32. The number of tetrazole rings is 1. The van der Waals surface area contributed by atoms with Crippen LogP contribution >= 0.6 is 0 Å². The average molecular weight is 397 g/mol. The lowest BCUT2D eigenvalue weighted by molar-refractivity contribution is -0.111. The molecule has 30 heavy (non-hydrogen) atoms. The van der Waals surface area contributed by atoms with Gasteiger partial charge in [0.25, 0.3) is 0 Å². The number of hydrogen-bond donors (Lipinski definition) is 1. The Labute approximate surface area is 173 Å². The van der Waals surface area contributed by atoms with Gasteiger partial charge in [-0.3, -0.25) is 4.79 Å². The second kappa shape index (κ2) is 8.41. The summed E-state index contributed by atoms with van der Waals surface area (Å²) < 4.78 is 3.61. The van der Waals surface area contributed by atoms with Gasteiger partial charge in [0.15, 0.2) is 5.82 Å². The van der Waals surface area contributed by atoms with E-state index < -0.39 is 0 Å². The maximum Gasteiger partial charge on any atom is 0.248 e. The minimum absolute atomic E-state index is 0.239. The zero-order chi connectivity index (χ0) is 20.9. The van der Waals surface area contributed by atoms with E-state index in [1.165, 1.54) is 6.08 Å². The third-order valence-electron chi connectivity index (χ3n) is 4.71. The van der Waals surface area contributed by atoms with E-state index in [1.54, 1.807) is 17.8 Å². The summed E-state index contributed by atoms with van der Waals surface area (Å²) in [5, 5.41) is 24.2. The standard InChI is InChI=1S/C22H19N7O/c1-28-22(25-26-27-28)16-6-4-7-18(14-16)24-21(30)11-10-17-15-29(13-5-12-23)20-9-3-2-8-19(17)20/h2-4,6-11,14-15H,5,13H2,1H3,(H,24,30). The third kappa shape index (κ3) is 3.95. The molecule has 2 aromatic heterocycles. The summed E-state index contributed by atoms with van der Waals surface area (Å²) >= 11 is 0. The van der Waals surface area contributed by atoms with Gasteiger partial charge >= 0.3 is 0 Å². The van der Waals surface area contributed by atoms with E-state index in [2.05, 4.69) is 26.9 Å². The van der Waals surface area contributed by atoms with Crippen LogP contribution in [0.15, 0.2) is 60.8 Å². The molecule has 0 saturated carbocycles. The Balaban J connectivity index is 1.52. The van der Waals surface area contributed by atoms with Crippen LogP contribution in [-0.4, -0.2) is 30.7 Å². The molecule has 0 unspecified atom stereocenters. The molecule has 8 heteroatoms. The van der Waals surface area contributed by atoms with Crippen molar-refractivity contribution in [1.82, 2.24) is 24.8 Å². The maximum absolute atomic E-state index is 12.5. The first kappa shape index (κ1) is 19.1. The van der Waals surface area contributed by atoms with Crippen LogP contribution in [0.1, 0.15) is 12.0 Å². The topological polar surface area (TPSA) is 101 Å². The molecular formula is C22H19N7O. The van der Waals surface area contributed by atoms with E-state index in [9.17, 15) is 4.79 Å². The first-order valence-electron chi connectivity index (χ1n) is 9.42. The summed E-state index contributed by atoms with van der Waals surface area (Å²) in [6.07, 6.45) is 5.69. The lowest BCUT2D eigenvalue weighted by Gasteiger charge is -2.04. The van der Waals surface area contributed by atoms with Crippen molar-refractivity contribution in [1.29, 1.82) is 5.26 Å². The van der Waals surface area contributed by atoms with Crippen molar-refractivity contribution in [2.45, 2.75) is 13.0 Å². The van der Waals surface area contributed by atoms with Crippen molar-refractivity contribution >= 4 is 28.6 Å². The first-order valence-corrected chi connectivity index (χ1v) is 9.42. The number of para-hydroxylation sites is 1. The lowest BCUT2D eigenvalue weighted by atomic mass is 10.1. The van der Waals surface area contributed by atoms with Gasteiger partial charge in [0, 0.05) is 53.6 Å². The number of aryl methyl sites for hydroxylation is 2. The normalized spacial score (nSPS) is 11.1. The van der Waals surface area contributed by atoms with Gasteiger partial charge in [-0.1, -0.05) is 30.3 Å². The Kier molecular flexibility index (Phi) is 5.35. The van der Waals surface area contributed by atoms with Gasteiger partial charge in [-0.05, 0) is 34.7 Å². The van der Waals surface area contributed by atoms with E-state index in [-0.39, 0.29) is 5.91 Å². The van der Waals surface area contributed by atoms with Crippen molar-refractivity contribution in [2.24, 2.45) is 7.05 Å². The average Bonchev–Trinajstić information content (AvgIpc) is 3.34. The number of benzene rings is 2. The molecule has 148 valence electrons. The van der Waals surface area contributed by atoms with E-state index in [0.29, 0.717) is 24.5 Å². The molecule has 2 aromatic carbocycles. The Morgan fingerprint density at radius 2 is 2.10 bits per heavy atom. The van der Waals surface area contributed by atoms with Gasteiger partial charge in [-0.15, -0.1) is 5.10 Å². The molecule has 0 atom stereocenters. The maximum atomic E-state index is 12.5. The predicted octanol–water partition coefficient (Wildman–Crippen LogP) is 3.40. The van der Waals surface area contributed by atoms with Crippen LogP contribution in [0.3, 0.4) is 0 Å². The predicted molar refractivity (Wildman–Crippen MR) is 114 cm³/mol. The van der Waals surface area contributed by atoms with Gasteiger partial charge < -0.3 is 9.88 Å². The molecule has 2 heterocycles. The van der Waals surface area contributed by atoms with Gasteiger partial charge in [0.1, 0.15) is 0 Å². The second-order valence-electron chi connectivity index (χ2n) is 6.73. The number of hydrogen-bond acceptors (Lipinski definition) is 5. The van der Waals surface area contributed by atoms with Crippen molar-refractivity contribution in [3.63, 3.8) is 0 Å². The molecule has 4 aromatic rings. The molecule has 4 rings (SSSR count). The van der Waals surface area contributed by atoms with Crippen molar-refractivity contribution in [2.75, 3.05) is 5.32 Å². The van der Waals surface area contributed by atoms with Crippen LogP contribution in [0.5, 0.6) is 0 Å². The SMILES string of the molecule is Cn1nnnc1-c1cccc(NC(=O)C=Cc2cn(CCC#N)c3ccccc23)c1. The molecule has 0 aliphatic rings. The quantitative estimate of drug-likeness (QED) is 0.503. The molecule has 0 radical (unpaired) electrons. The largest absolute Gasteiger partial charge is 0.346 e. The number of rotatable bonds is 6. The van der Waals surface area contributed by atoms with E-state index in [4.69, 9.17) is 5.26 Å². The number of amides is 1. The number of aromatic nitrogens is 5. The van der Waals surface area contributed by atoms with E-state index >= 15 is 0 Å². The second-order valence-corrected chi connectivity index (χ2v) is 6.73. The summed E-state index contributed by atoms with van der Waals surface area (Å²) in [5.41, 5.74) is 3.43. The summed E-state index contributed by atoms with van der Waals surface area (Å²) in [5.74, 6) is 0.379. The smallest absolute Gasteiger partial charge is 0.248 e. The van der Waals surface area contributed by atoms with Gasteiger partial charge in [-0.2, -0.15) is 5.26 Å². The highest BCUT2D eigenvalue weighted by atomic mass is 16.1. The third-order valence-corrected chi connectivity index (χ3v) is 4.71. The van der Waals surface area contributed by atoms with Crippen LogP contribution in [0, 0.1) is 11.3 Å². The fraction of sp³-hybridized carbons (Fsp3) is 0.136. The zero-order valence-electron chi connectivity index (χ0n) is 16.4. The molecule has 0 bridgehead atoms. The van der Waals surface area contributed by atoms with E-state index in [1.807, 2.05) is 59.3 Å². The minimum atomic E-state index is -0.239. The molecule has 0 aliphatic carbocycles. The van der Waals surface area contributed by atoms with Crippen LogP contribution in [-0.2, 0) is 18.4 Å². The summed E-state index contributed by atoms with van der Waals surface area (Å²) in [6, 6.07) is 17.5. The van der Waals surface area contributed by atoms with Crippen molar-refractivity contribution in [3.8, 4) is 17.5 Å². The van der Waals surface area contributed by atoms with Crippen molar-refractivity contribution in [3.05, 3.63) is 66.4 Å². The van der Waals surface area contributed by atoms with Gasteiger partial charge in [0.2, 0.25) is 5.91 Å². The number of nitriles is 1. The molecular weight excluding hydrogens is 378 g/mol. The lowest BCUT2D eigenvalue weighted by Crippen LogP contribution is -2.07. The minimum Gasteiger partial charge on any atom is -0.346 e. The summed E-state index contributed by atoms with van der Waals surface area (Å²) in [4.78, 5) is 12.5. The Morgan fingerprint density at radius 3 is 2.90 bits per heavy atom.